The number of nitrogens with zero attached hydrogens (tertiary/aromatic N) is 2. The van der Waals surface area contributed by atoms with E-state index in [2.05, 4.69) is 10.6 Å². The summed E-state index contributed by atoms with van der Waals surface area (Å²) in [4.78, 5) is 24.9. The van der Waals surface area contributed by atoms with Gasteiger partial charge < -0.3 is 20.4 Å². The lowest BCUT2D eigenvalue weighted by atomic mass is 10.2. The SMILES string of the molecule is CN(C)C(=O)Nc1cccc(C(F)(F)F)c1.CN(C)C(=O)Nc1cccc(C(F)(F)F)c1. The number of hydrogen-bond donors (Lipinski definition) is 2. The standard InChI is InChI=1S/2C10H11F3N2O/c2*1-15(2)9(16)14-8-5-3-4-7(6-8)10(11,12)13/h2*3-6H,1-2H3,(H,14,16). The molecule has 0 atom stereocenters. The molecule has 0 aliphatic heterocycles. The van der Waals surface area contributed by atoms with Gasteiger partial charge in [-0.1, -0.05) is 12.1 Å². The van der Waals surface area contributed by atoms with Crippen LogP contribution in [0.4, 0.5) is 47.3 Å². The van der Waals surface area contributed by atoms with Crippen molar-refractivity contribution in [3.05, 3.63) is 59.7 Å². The van der Waals surface area contributed by atoms with Gasteiger partial charge in [-0.2, -0.15) is 26.3 Å². The maximum atomic E-state index is 12.3. The summed E-state index contributed by atoms with van der Waals surface area (Å²) in [6.07, 6.45) is -8.81. The molecule has 0 saturated carbocycles. The molecule has 0 heterocycles. The zero-order valence-electron chi connectivity index (χ0n) is 17.6. The van der Waals surface area contributed by atoms with Gasteiger partial charge >= 0.3 is 24.4 Å². The molecule has 0 aliphatic carbocycles. The normalized spacial score (nSPS) is 11.1. The fourth-order valence-corrected chi connectivity index (χ4v) is 2.02. The number of urea groups is 2. The van der Waals surface area contributed by atoms with Gasteiger partial charge in [0.15, 0.2) is 0 Å². The van der Waals surface area contributed by atoms with Gasteiger partial charge in [-0.15, -0.1) is 0 Å². The number of rotatable bonds is 2. The van der Waals surface area contributed by atoms with Crippen molar-refractivity contribution in [2.45, 2.75) is 12.4 Å². The van der Waals surface area contributed by atoms with E-state index < -0.39 is 35.5 Å². The minimum atomic E-state index is -4.40. The van der Waals surface area contributed by atoms with Crippen molar-refractivity contribution >= 4 is 23.4 Å². The Morgan fingerprint density at radius 2 is 0.969 bits per heavy atom. The van der Waals surface area contributed by atoms with E-state index in [0.29, 0.717) is 0 Å². The first kappa shape index (κ1) is 26.6. The van der Waals surface area contributed by atoms with E-state index in [0.717, 1.165) is 24.3 Å². The molecule has 0 bridgehead atoms. The number of nitrogens with one attached hydrogen (secondary N) is 2. The third-order valence-corrected chi connectivity index (χ3v) is 3.69. The lowest BCUT2D eigenvalue weighted by molar-refractivity contribution is -0.138. The molecule has 32 heavy (non-hydrogen) atoms. The predicted molar refractivity (Wildman–Crippen MR) is 108 cm³/mol. The van der Waals surface area contributed by atoms with Crippen LogP contribution in [-0.2, 0) is 12.4 Å². The highest BCUT2D eigenvalue weighted by Gasteiger charge is 2.31. The van der Waals surface area contributed by atoms with Crippen LogP contribution in [0.1, 0.15) is 11.1 Å². The quantitative estimate of drug-likeness (QED) is 0.569. The maximum Gasteiger partial charge on any atom is 0.416 e. The van der Waals surface area contributed by atoms with Gasteiger partial charge in [0.25, 0.3) is 0 Å². The first-order valence-corrected chi connectivity index (χ1v) is 8.92. The lowest BCUT2D eigenvalue weighted by Gasteiger charge is -2.13. The van der Waals surface area contributed by atoms with Crippen molar-refractivity contribution in [3.63, 3.8) is 0 Å². The van der Waals surface area contributed by atoms with Crippen molar-refractivity contribution in [2.24, 2.45) is 0 Å². The second-order valence-electron chi connectivity index (χ2n) is 6.81. The van der Waals surface area contributed by atoms with Gasteiger partial charge in [0.05, 0.1) is 11.1 Å². The topological polar surface area (TPSA) is 64.7 Å². The van der Waals surface area contributed by atoms with Gasteiger partial charge in [0.2, 0.25) is 0 Å². The van der Waals surface area contributed by atoms with Gasteiger partial charge in [0, 0.05) is 39.6 Å². The van der Waals surface area contributed by atoms with Crippen molar-refractivity contribution in [1.29, 1.82) is 0 Å². The van der Waals surface area contributed by atoms with Crippen LogP contribution in [0.25, 0.3) is 0 Å². The third kappa shape index (κ3) is 8.74. The van der Waals surface area contributed by atoms with Gasteiger partial charge in [-0.3, -0.25) is 0 Å². The molecule has 176 valence electrons. The number of hydrogen-bond acceptors (Lipinski definition) is 2. The van der Waals surface area contributed by atoms with Crippen LogP contribution in [0.5, 0.6) is 0 Å². The van der Waals surface area contributed by atoms with E-state index in [1.807, 2.05) is 0 Å². The van der Waals surface area contributed by atoms with E-state index in [1.54, 1.807) is 0 Å². The van der Waals surface area contributed by atoms with Crippen LogP contribution < -0.4 is 10.6 Å². The second kappa shape index (κ2) is 10.7. The van der Waals surface area contributed by atoms with E-state index in [-0.39, 0.29) is 11.4 Å². The Balaban J connectivity index is 0.000000320. The van der Waals surface area contributed by atoms with Crippen molar-refractivity contribution < 1.29 is 35.9 Å². The van der Waals surface area contributed by atoms with Crippen LogP contribution in [0, 0.1) is 0 Å². The summed E-state index contributed by atoms with van der Waals surface area (Å²) >= 11 is 0. The summed E-state index contributed by atoms with van der Waals surface area (Å²) in [6, 6.07) is 8.02. The second-order valence-corrected chi connectivity index (χ2v) is 6.81. The van der Waals surface area contributed by atoms with Crippen LogP contribution in [0.2, 0.25) is 0 Å². The van der Waals surface area contributed by atoms with E-state index in [1.165, 1.54) is 62.3 Å². The first-order valence-electron chi connectivity index (χ1n) is 8.92. The van der Waals surface area contributed by atoms with Crippen LogP contribution in [0.3, 0.4) is 0 Å². The Kier molecular flexibility index (Phi) is 8.92. The number of anilines is 2. The molecule has 0 fully saturated rings. The zero-order chi connectivity index (χ0) is 24.7. The Bertz CT molecular complexity index is 851. The molecule has 0 radical (unpaired) electrons. The molecule has 4 amide bonds. The minimum absolute atomic E-state index is 0.119. The number of amides is 4. The van der Waals surface area contributed by atoms with Crippen LogP contribution in [0.15, 0.2) is 48.5 Å². The first-order chi connectivity index (χ1) is 14.6. The molecule has 0 aliphatic rings. The summed E-state index contributed by atoms with van der Waals surface area (Å²) < 4.78 is 74.0. The number of carbonyl (C=O) groups excluding carboxylic acids is 2. The van der Waals surface area contributed by atoms with Gasteiger partial charge in [-0.25, -0.2) is 9.59 Å². The number of benzene rings is 2. The molecule has 0 spiro atoms. The molecule has 6 nitrogen and oxygen atoms in total. The summed E-state index contributed by atoms with van der Waals surface area (Å²) in [5.41, 5.74) is -1.34. The summed E-state index contributed by atoms with van der Waals surface area (Å²) in [5, 5.41) is 4.68. The maximum absolute atomic E-state index is 12.3. The number of carbonyl (C=O) groups is 2. The molecular formula is C20H22F6N4O2. The molecule has 2 aromatic rings. The third-order valence-electron chi connectivity index (χ3n) is 3.69. The van der Waals surface area contributed by atoms with Gasteiger partial charge in [0.1, 0.15) is 0 Å². The van der Waals surface area contributed by atoms with E-state index in [4.69, 9.17) is 0 Å². The Labute approximate surface area is 180 Å². The minimum Gasteiger partial charge on any atom is -0.331 e. The van der Waals surface area contributed by atoms with Crippen LogP contribution in [-0.4, -0.2) is 50.1 Å². The Morgan fingerprint density at radius 1 is 0.656 bits per heavy atom. The smallest absolute Gasteiger partial charge is 0.331 e. The molecule has 0 saturated heterocycles. The lowest BCUT2D eigenvalue weighted by Crippen LogP contribution is -2.27. The average molecular weight is 464 g/mol. The van der Waals surface area contributed by atoms with E-state index in [9.17, 15) is 35.9 Å². The van der Waals surface area contributed by atoms with E-state index >= 15 is 0 Å². The molecule has 0 unspecified atom stereocenters. The van der Waals surface area contributed by atoms with Crippen molar-refractivity contribution in [1.82, 2.24) is 9.80 Å². The largest absolute Gasteiger partial charge is 0.416 e. The predicted octanol–water partition coefficient (Wildman–Crippen LogP) is 5.60. The highest BCUT2D eigenvalue weighted by atomic mass is 19.4. The molecule has 2 aromatic carbocycles. The molecule has 12 heteroatoms. The summed E-state index contributed by atoms with van der Waals surface area (Å²) in [6.45, 7) is 0. The summed E-state index contributed by atoms with van der Waals surface area (Å²) in [5.74, 6) is 0. The molecule has 2 rings (SSSR count). The number of halogens is 6. The highest BCUT2D eigenvalue weighted by Crippen LogP contribution is 2.31. The van der Waals surface area contributed by atoms with Gasteiger partial charge in [-0.05, 0) is 36.4 Å². The molecule has 0 aromatic heterocycles. The van der Waals surface area contributed by atoms with Crippen molar-refractivity contribution in [3.8, 4) is 0 Å². The highest BCUT2D eigenvalue weighted by molar-refractivity contribution is 5.89. The number of alkyl halides is 6. The fraction of sp³-hybridized carbons (Fsp3) is 0.300. The zero-order valence-corrected chi connectivity index (χ0v) is 17.6. The Hall–Kier alpha value is -3.44. The fourth-order valence-electron chi connectivity index (χ4n) is 2.02. The Morgan fingerprint density at radius 3 is 1.22 bits per heavy atom. The average Bonchev–Trinajstić information content (AvgIpc) is 2.67. The molecule has 2 N–H and O–H groups in total. The monoisotopic (exact) mass is 464 g/mol. The summed E-state index contributed by atoms with van der Waals surface area (Å²) in [7, 11) is 6.01. The molecular weight excluding hydrogens is 442 g/mol. The van der Waals surface area contributed by atoms with Crippen LogP contribution >= 0.6 is 0 Å². The van der Waals surface area contributed by atoms with Crippen molar-refractivity contribution in [2.75, 3.05) is 38.8 Å².